The van der Waals surface area contributed by atoms with Crippen LogP contribution in [-0.4, -0.2) is 42.6 Å². The van der Waals surface area contributed by atoms with Gasteiger partial charge in [0.15, 0.2) is 17.6 Å². The van der Waals surface area contributed by atoms with Gasteiger partial charge in [-0.3, -0.25) is 4.79 Å². The van der Waals surface area contributed by atoms with Gasteiger partial charge in [-0.05, 0) is 31.4 Å². The molecule has 1 unspecified atom stereocenters. The molecule has 1 heterocycles. The van der Waals surface area contributed by atoms with E-state index in [1.165, 1.54) is 0 Å². The molecule has 0 saturated heterocycles. The third-order valence-corrected chi connectivity index (χ3v) is 3.73. The molecule has 1 amide bonds. The van der Waals surface area contributed by atoms with Crippen molar-refractivity contribution in [2.24, 2.45) is 11.7 Å². The number of amides is 1. The lowest BCUT2D eigenvalue weighted by Crippen LogP contribution is -2.49. The maximum atomic E-state index is 12.4. The predicted molar refractivity (Wildman–Crippen MR) is 86.0 cm³/mol. The molecule has 0 aliphatic carbocycles. The van der Waals surface area contributed by atoms with Crippen molar-refractivity contribution in [1.29, 1.82) is 0 Å². The Morgan fingerprint density at radius 2 is 2.05 bits per heavy atom. The van der Waals surface area contributed by atoms with Crippen LogP contribution in [0.15, 0.2) is 24.3 Å². The zero-order chi connectivity index (χ0) is 16.1. The summed E-state index contributed by atoms with van der Waals surface area (Å²) in [5.74, 6) is 1.87. The van der Waals surface area contributed by atoms with Gasteiger partial charge in [-0.25, -0.2) is 0 Å². The molecule has 0 fully saturated rings. The largest absolute Gasteiger partial charge is 0.486 e. The van der Waals surface area contributed by atoms with Gasteiger partial charge >= 0.3 is 0 Å². The minimum atomic E-state index is -0.447. The Balaban J connectivity index is 1.95. The number of ether oxygens (including phenoxy) is 2. The first-order valence-electron chi connectivity index (χ1n) is 7.94. The fourth-order valence-corrected chi connectivity index (χ4v) is 2.62. The van der Waals surface area contributed by atoms with E-state index in [0.29, 0.717) is 32.0 Å². The number of carbonyl (C=O) groups excluding carboxylic acids is 1. The van der Waals surface area contributed by atoms with Crippen LogP contribution in [-0.2, 0) is 4.79 Å². The van der Waals surface area contributed by atoms with Crippen LogP contribution in [0.25, 0.3) is 0 Å². The van der Waals surface area contributed by atoms with Crippen LogP contribution in [0.3, 0.4) is 0 Å². The maximum absolute atomic E-state index is 12.4. The fraction of sp³-hybridized carbons (Fsp3) is 0.588. The van der Waals surface area contributed by atoms with E-state index in [2.05, 4.69) is 13.8 Å². The summed E-state index contributed by atoms with van der Waals surface area (Å²) in [5, 5.41) is 0. The number of hydrogen-bond acceptors (Lipinski definition) is 4. The molecule has 0 bridgehead atoms. The minimum absolute atomic E-state index is 0.0151. The number of carbonyl (C=O) groups is 1. The summed E-state index contributed by atoms with van der Waals surface area (Å²) in [5.41, 5.74) is 6.01. The first-order chi connectivity index (χ1) is 10.5. The molecule has 2 atom stereocenters. The molecule has 1 aromatic rings. The van der Waals surface area contributed by atoms with Gasteiger partial charge in [0.2, 0.25) is 5.91 Å². The zero-order valence-corrected chi connectivity index (χ0v) is 13.6. The SMILES string of the molecule is CCN(CC1COc2ccccc2O1)C(=O)[C@@H](N)CC(C)C. The Bertz CT molecular complexity index is 504. The predicted octanol–water partition coefficient (Wildman–Crippen LogP) is 2.05. The van der Waals surface area contributed by atoms with E-state index in [1.54, 1.807) is 4.90 Å². The molecule has 1 aliphatic heterocycles. The highest BCUT2D eigenvalue weighted by Crippen LogP contribution is 2.31. The Kier molecular flexibility index (Phi) is 5.66. The number of fused-ring (bicyclic) bond motifs is 1. The smallest absolute Gasteiger partial charge is 0.239 e. The molecule has 0 spiro atoms. The Morgan fingerprint density at radius 1 is 1.36 bits per heavy atom. The van der Waals surface area contributed by atoms with Crippen molar-refractivity contribution in [3.63, 3.8) is 0 Å². The molecule has 0 saturated carbocycles. The molecule has 5 nitrogen and oxygen atoms in total. The maximum Gasteiger partial charge on any atom is 0.239 e. The minimum Gasteiger partial charge on any atom is -0.486 e. The van der Waals surface area contributed by atoms with Crippen LogP contribution in [0.2, 0.25) is 0 Å². The third-order valence-electron chi connectivity index (χ3n) is 3.73. The second kappa shape index (κ2) is 7.49. The summed E-state index contributed by atoms with van der Waals surface area (Å²) in [6.07, 6.45) is 0.533. The van der Waals surface area contributed by atoms with E-state index < -0.39 is 6.04 Å². The zero-order valence-electron chi connectivity index (χ0n) is 13.6. The van der Waals surface area contributed by atoms with Crippen molar-refractivity contribution in [1.82, 2.24) is 4.90 Å². The molecule has 0 aromatic heterocycles. The van der Waals surface area contributed by atoms with Crippen molar-refractivity contribution in [3.05, 3.63) is 24.3 Å². The standard InChI is InChI=1S/C17H26N2O3/c1-4-19(17(20)14(18)9-12(2)3)10-13-11-21-15-7-5-6-8-16(15)22-13/h5-8,12-14H,4,9-11,18H2,1-3H3/t13?,14-/m0/s1. The van der Waals surface area contributed by atoms with E-state index >= 15 is 0 Å². The van der Waals surface area contributed by atoms with Crippen LogP contribution in [0, 0.1) is 5.92 Å². The fourth-order valence-electron chi connectivity index (χ4n) is 2.62. The number of benzene rings is 1. The number of nitrogens with two attached hydrogens (primary N) is 1. The van der Waals surface area contributed by atoms with E-state index in [4.69, 9.17) is 15.2 Å². The molecule has 1 aliphatic rings. The van der Waals surface area contributed by atoms with Gasteiger partial charge in [0.1, 0.15) is 6.61 Å². The molecule has 122 valence electrons. The number of para-hydroxylation sites is 2. The van der Waals surface area contributed by atoms with E-state index in [1.807, 2.05) is 31.2 Å². The van der Waals surface area contributed by atoms with Crippen LogP contribution in [0.1, 0.15) is 27.2 Å². The van der Waals surface area contributed by atoms with Crippen LogP contribution >= 0.6 is 0 Å². The lowest BCUT2D eigenvalue weighted by atomic mass is 10.0. The highest BCUT2D eigenvalue weighted by atomic mass is 16.6. The number of rotatable bonds is 6. The molecular formula is C17H26N2O3. The molecule has 22 heavy (non-hydrogen) atoms. The summed E-state index contributed by atoms with van der Waals surface area (Å²) < 4.78 is 11.6. The third kappa shape index (κ3) is 4.13. The van der Waals surface area contributed by atoms with Crippen molar-refractivity contribution in [2.75, 3.05) is 19.7 Å². The molecule has 0 radical (unpaired) electrons. The van der Waals surface area contributed by atoms with Crippen LogP contribution in [0.5, 0.6) is 11.5 Å². The Labute approximate surface area is 132 Å². The number of likely N-dealkylation sites (N-methyl/N-ethyl adjacent to an activating group) is 1. The highest BCUT2D eigenvalue weighted by molar-refractivity contribution is 5.81. The van der Waals surface area contributed by atoms with E-state index in [-0.39, 0.29) is 12.0 Å². The summed E-state index contributed by atoms with van der Waals surface area (Å²) in [6.45, 7) is 7.65. The first-order valence-corrected chi connectivity index (χ1v) is 7.94. The average Bonchev–Trinajstić information content (AvgIpc) is 2.51. The number of nitrogens with zero attached hydrogens (tertiary/aromatic N) is 1. The molecule has 5 heteroatoms. The molecular weight excluding hydrogens is 280 g/mol. The lowest BCUT2D eigenvalue weighted by Gasteiger charge is -2.32. The monoisotopic (exact) mass is 306 g/mol. The van der Waals surface area contributed by atoms with Crippen LogP contribution in [0.4, 0.5) is 0 Å². The summed E-state index contributed by atoms with van der Waals surface area (Å²) in [4.78, 5) is 14.2. The van der Waals surface area contributed by atoms with Crippen molar-refractivity contribution < 1.29 is 14.3 Å². The van der Waals surface area contributed by atoms with Crippen LogP contribution < -0.4 is 15.2 Å². The molecule has 2 N–H and O–H groups in total. The highest BCUT2D eigenvalue weighted by Gasteiger charge is 2.27. The van der Waals surface area contributed by atoms with Gasteiger partial charge < -0.3 is 20.1 Å². The normalized spacial score (nSPS) is 18.1. The topological polar surface area (TPSA) is 64.8 Å². The summed E-state index contributed by atoms with van der Waals surface area (Å²) in [6, 6.07) is 7.13. The summed E-state index contributed by atoms with van der Waals surface area (Å²) >= 11 is 0. The van der Waals surface area contributed by atoms with E-state index in [9.17, 15) is 4.79 Å². The van der Waals surface area contributed by atoms with Gasteiger partial charge in [-0.15, -0.1) is 0 Å². The lowest BCUT2D eigenvalue weighted by molar-refractivity contribution is -0.134. The van der Waals surface area contributed by atoms with Crippen molar-refractivity contribution in [2.45, 2.75) is 39.3 Å². The quantitative estimate of drug-likeness (QED) is 0.873. The second-order valence-corrected chi connectivity index (χ2v) is 6.11. The van der Waals surface area contributed by atoms with Gasteiger partial charge in [0, 0.05) is 6.54 Å². The first kappa shape index (κ1) is 16.6. The van der Waals surface area contributed by atoms with Gasteiger partial charge in [-0.2, -0.15) is 0 Å². The molecule has 1 aromatic carbocycles. The molecule has 2 rings (SSSR count). The van der Waals surface area contributed by atoms with Gasteiger partial charge in [0.05, 0.1) is 12.6 Å². The Morgan fingerprint density at radius 3 is 2.68 bits per heavy atom. The second-order valence-electron chi connectivity index (χ2n) is 6.11. The van der Waals surface area contributed by atoms with Gasteiger partial charge in [0.25, 0.3) is 0 Å². The number of hydrogen-bond donors (Lipinski definition) is 1. The van der Waals surface area contributed by atoms with Crippen molar-refractivity contribution >= 4 is 5.91 Å². The summed E-state index contributed by atoms with van der Waals surface area (Å²) in [7, 11) is 0. The van der Waals surface area contributed by atoms with E-state index in [0.717, 1.165) is 11.5 Å². The van der Waals surface area contributed by atoms with Gasteiger partial charge in [-0.1, -0.05) is 26.0 Å². The Hall–Kier alpha value is -1.75. The van der Waals surface area contributed by atoms with Crippen molar-refractivity contribution in [3.8, 4) is 11.5 Å². The average molecular weight is 306 g/mol.